The van der Waals surface area contributed by atoms with Crippen LogP contribution >= 0.6 is 15.9 Å². The van der Waals surface area contributed by atoms with Gasteiger partial charge in [-0.15, -0.1) is 5.10 Å². The van der Waals surface area contributed by atoms with E-state index in [1.54, 1.807) is 18.5 Å². The van der Waals surface area contributed by atoms with Crippen LogP contribution in [-0.2, 0) is 0 Å². The number of hydrogen-bond acceptors (Lipinski definition) is 7. The van der Waals surface area contributed by atoms with E-state index in [0.717, 1.165) is 25.9 Å². The first kappa shape index (κ1) is 13.6. The number of rotatable bonds is 3. The predicted molar refractivity (Wildman–Crippen MR) is 79.9 cm³/mol. The van der Waals surface area contributed by atoms with E-state index in [4.69, 9.17) is 8.94 Å². The van der Waals surface area contributed by atoms with E-state index >= 15 is 0 Å². The molecule has 8 nitrogen and oxygen atoms in total. The smallest absolute Gasteiger partial charge is 0.298 e. The predicted octanol–water partition coefficient (Wildman–Crippen LogP) is 2.28. The molecule has 1 fully saturated rings. The van der Waals surface area contributed by atoms with Gasteiger partial charge in [0.05, 0.1) is 6.04 Å². The van der Waals surface area contributed by atoms with Crippen LogP contribution < -0.4 is 5.32 Å². The summed E-state index contributed by atoms with van der Waals surface area (Å²) in [5.74, 6) is 1.61. The average molecular weight is 365 g/mol. The van der Waals surface area contributed by atoms with Gasteiger partial charge in [-0.2, -0.15) is 4.98 Å². The van der Waals surface area contributed by atoms with Crippen LogP contribution in [0.1, 0.15) is 18.9 Å². The lowest BCUT2D eigenvalue weighted by Gasteiger charge is -2.22. The van der Waals surface area contributed by atoms with Crippen molar-refractivity contribution in [2.75, 3.05) is 13.1 Å². The Labute approximate surface area is 134 Å². The molecule has 0 aromatic carbocycles. The maximum atomic E-state index is 5.40. The van der Waals surface area contributed by atoms with Crippen LogP contribution in [-0.4, -0.2) is 38.0 Å². The van der Waals surface area contributed by atoms with Crippen LogP contribution in [0, 0.1) is 0 Å². The van der Waals surface area contributed by atoms with Crippen LogP contribution in [0.25, 0.3) is 23.3 Å². The molecule has 0 spiro atoms. The van der Waals surface area contributed by atoms with Gasteiger partial charge in [-0.3, -0.25) is 0 Å². The zero-order chi connectivity index (χ0) is 14.9. The molecule has 4 rings (SSSR count). The number of aromatic nitrogens is 5. The standard InChI is InChI=1S/C13H13BrN6O2/c14-10-4-3-9(21-10)11-17-13(22-19-11)12-16-7-20(18-12)8-2-1-5-15-6-8/h3-4,7-8,15H,1-2,5-6H2. The summed E-state index contributed by atoms with van der Waals surface area (Å²) in [7, 11) is 0. The molecule has 0 aliphatic carbocycles. The lowest BCUT2D eigenvalue weighted by molar-refractivity contribution is 0.345. The van der Waals surface area contributed by atoms with Crippen molar-refractivity contribution >= 4 is 15.9 Å². The minimum Gasteiger partial charge on any atom is -0.446 e. The topological polar surface area (TPSA) is 94.8 Å². The lowest BCUT2D eigenvalue weighted by Crippen LogP contribution is -2.31. The molecule has 22 heavy (non-hydrogen) atoms. The normalized spacial score (nSPS) is 18.7. The molecule has 3 aromatic rings. The van der Waals surface area contributed by atoms with Crippen molar-refractivity contribution in [3.8, 4) is 23.3 Å². The van der Waals surface area contributed by atoms with Gasteiger partial charge in [0, 0.05) is 6.54 Å². The maximum Gasteiger partial charge on any atom is 0.298 e. The van der Waals surface area contributed by atoms with Crippen molar-refractivity contribution in [1.29, 1.82) is 0 Å². The Morgan fingerprint density at radius 2 is 2.27 bits per heavy atom. The maximum absolute atomic E-state index is 5.40. The molecule has 0 radical (unpaired) electrons. The Kier molecular flexibility index (Phi) is 3.51. The third-order valence-corrected chi connectivity index (χ3v) is 3.99. The van der Waals surface area contributed by atoms with Crippen molar-refractivity contribution < 1.29 is 8.94 Å². The first-order valence-corrected chi connectivity index (χ1v) is 7.80. The Balaban J connectivity index is 1.57. The number of hydrogen-bond donors (Lipinski definition) is 1. The number of piperidine rings is 1. The first-order chi connectivity index (χ1) is 10.8. The van der Waals surface area contributed by atoms with Crippen molar-refractivity contribution in [2.24, 2.45) is 0 Å². The summed E-state index contributed by atoms with van der Waals surface area (Å²) in [6, 6.07) is 3.85. The average Bonchev–Trinajstić information content (AvgIpc) is 3.27. The molecule has 4 heterocycles. The number of nitrogens with one attached hydrogen (secondary N) is 1. The SMILES string of the molecule is Brc1ccc(-c2noc(-c3ncn(C4CCCNC4)n3)n2)o1. The fourth-order valence-corrected chi connectivity index (χ4v) is 2.76. The first-order valence-electron chi connectivity index (χ1n) is 7.01. The third kappa shape index (κ3) is 2.57. The second-order valence-electron chi connectivity index (χ2n) is 5.08. The minimum absolute atomic E-state index is 0.282. The van der Waals surface area contributed by atoms with E-state index in [9.17, 15) is 0 Å². The Bertz CT molecular complexity index is 773. The molecule has 0 amide bonds. The molecule has 1 saturated heterocycles. The molecular weight excluding hydrogens is 352 g/mol. The van der Waals surface area contributed by atoms with Gasteiger partial charge >= 0.3 is 0 Å². The summed E-state index contributed by atoms with van der Waals surface area (Å²) in [5.41, 5.74) is 0. The lowest BCUT2D eigenvalue weighted by atomic mass is 10.1. The molecular formula is C13H13BrN6O2. The van der Waals surface area contributed by atoms with E-state index < -0.39 is 0 Å². The van der Waals surface area contributed by atoms with Gasteiger partial charge in [0.2, 0.25) is 11.6 Å². The Morgan fingerprint density at radius 3 is 3.05 bits per heavy atom. The summed E-state index contributed by atoms with van der Waals surface area (Å²) in [6.07, 6.45) is 3.93. The molecule has 1 unspecified atom stereocenters. The molecule has 1 aliphatic heterocycles. The van der Waals surface area contributed by atoms with Gasteiger partial charge in [0.15, 0.2) is 10.4 Å². The highest BCUT2D eigenvalue weighted by Gasteiger charge is 2.20. The van der Waals surface area contributed by atoms with Crippen molar-refractivity contribution in [3.05, 3.63) is 23.1 Å². The van der Waals surface area contributed by atoms with Crippen molar-refractivity contribution in [3.63, 3.8) is 0 Å². The number of nitrogens with zero attached hydrogens (tertiary/aromatic N) is 5. The minimum atomic E-state index is 0.282. The second kappa shape index (κ2) is 5.65. The summed E-state index contributed by atoms with van der Waals surface area (Å²) in [4.78, 5) is 8.54. The van der Waals surface area contributed by atoms with Gasteiger partial charge in [0.25, 0.3) is 5.89 Å². The largest absolute Gasteiger partial charge is 0.446 e. The van der Waals surface area contributed by atoms with Crippen LogP contribution in [0.15, 0.2) is 32.1 Å². The monoisotopic (exact) mass is 364 g/mol. The summed E-state index contributed by atoms with van der Waals surface area (Å²) in [5, 5.41) is 11.7. The number of furan rings is 1. The van der Waals surface area contributed by atoms with Gasteiger partial charge in [-0.05, 0) is 47.4 Å². The fraction of sp³-hybridized carbons (Fsp3) is 0.385. The molecule has 114 valence electrons. The highest BCUT2D eigenvalue weighted by Crippen LogP contribution is 2.24. The fourth-order valence-electron chi connectivity index (χ4n) is 2.46. The highest BCUT2D eigenvalue weighted by molar-refractivity contribution is 9.10. The Morgan fingerprint density at radius 1 is 1.32 bits per heavy atom. The molecule has 0 bridgehead atoms. The highest BCUT2D eigenvalue weighted by atomic mass is 79.9. The van der Waals surface area contributed by atoms with Crippen molar-refractivity contribution in [1.82, 2.24) is 30.2 Å². The second-order valence-corrected chi connectivity index (χ2v) is 5.86. The van der Waals surface area contributed by atoms with Gasteiger partial charge < -0.3 is 14.3 Å². The van der Waals surface area contributed by atoms with E-state index in [1.807, 2.05) is 4.68 Å². The van der Waals surface area contributed by atoms with Crippen LogP contribution in [0.3, 0.4) is 0 Å². The molecule has 1 N–H and O–H groups in total. The summed E-state index contributed by atoms with van der Waals surface area (Å²) in [6.45, 7) is 1.96. The van der Waals surface area contributed by atoms with Gasteiger partial charge in [-0.25, -0.2) is 9.67 Å². The molecule has 9 heteroatoms. The summed E-state index contributed by atoms with van der Waals surface area (Å²) < 4.78 is 13.1. The van der Waals surface area contributed by atoms with E-state index in [0.29, 0.717) is 28.1 Å². The Hall–Kier alpha value is -2.00. The zero-order valence-electron chi connectivity index (χ0n) is 11.6. The van der Waals surface area contributed by atoms with E-state index in [1.165, 1.54) is 0 Å². The van der Waals surface area contributed by atoms with Gasteiger partial charge in [0.1, 0.15) is 6.33 Å². The quantitative estimate of drug-likeness (QED) is 0.761. The van der Waals surface area contributed by atoms with E-state index in [-0.39, 0.29) is 5.89 Å². The number of halogens is 1. The zero-order valence-corrected chi connectivity index (χ0v) is 13.2. The van der Waals surface area contributed by atoms with Gasteiger partial charge in [-0.1, -0.05) is 5.16 Å². The molecule has 1 aliphatic rings. The molecule has 3 aromatic heterocycles. The van der Waals surface area contributed by atoms with Crippen LogP contribution in [0.5, 0.6) is 0 Å². The van der Waals surface area contributed by atoms with E-state index in [2.05, 4.69) is 41.5 Å². The molecule has 1 atom stereocenters. The summed E-state index contributed by atoms with van der Waals surface area (Å²) >= 11 is 3.24. The van der Waals surface area contributed by atoms with Crippen LogP contribution in [0.2, 0.25) is 0 Å². The van der Waals surface area contributed by atoms with Crippen LogP contribution in [0.4, 0.5) is 0 Å². The third-order valence-electron chi connectivity index (χ3n) is 3.56. The van der Waals surface area contributed by atoms with Crippen molar-refractivity contribution in [2.45, 2.75) is 18.9 Å². The molecule has 0 saturated carbocycles.